The van der Waals surface area contributed by atoms with Crippen LogP contribution in [0.25, 0.3) is 0 Å². The highest BCUT2D eigenvalue weighted by atomic mass is 19.1. The van der Waals surface area contributed by atoms with E-state index in [1.165, 1.54) is 12.1 Å². The van der Waals surface area contributed by atoms with Gasteiger partial charge in [0, 0.05) is 31.7 Å². The maximum Gasteiger partial charge on any atom is 0.227 e. The molecule has 2 aromatic rings. The lowest BCUT2D eigenvalue weighted by molar-refractivity contribution is -0.122. The van der Waals surface area contributed by atoms with Crippen LogP contribution in [0.15, 0.2) is 53.5 Å². The largest absolute Gasteiger partial charge is 0.367 e. The summed E-state index contributed by atoms with van der Waals surface area (Å²) < 4.78 is 19.4. The summed E-state index contributed by atoms with van der Waals surface area (Å²) in [4.78, 5) is 18.9. The molecule has 32 heavy (non-hydrogen) atoms. The molecule has 0 bridgehead atoms. The molecule has 0 radical (unpaired) electrons. The van der Waals surface area contributed by atoms with Gasteiger partial charge in [0.2, 0.25) is 5.91 Å². The molecule has 2 fully saturated rings. The number of nitrogens with one attached hydrogen (secondary N) is 2. The van der Waals surface area contributed by atoms with Gasteiger partial charge >= 0.3 is 0 Å². The van der Waals surface area contributed by atoms with Gasteiger partial charge in [0.05, 0.1) is 12.6 Å². The highest BCUT2D eigenvalue weighted by Gasteiger charge is 2.28. The van der Waals surface area contributed by atoms with Gasteiger partial charge in [-0.2, -0.15) is 0 Å². The van der Waals surface area contributed by atoms with Crippen molar-refractivity contribution in [3.05, 3.63) is 65.5 Å². The molecule has 2 atom stereocenters. The number of carbonyl (C=O) groups excluding carboxylic acids is 1. The fourth-order valence-electron chi connectivity index (χ4n) is 4.17. The van der Waals surface area contributed by atoms with Crippen molar-refractivity contribution in [2.45, 2.75) is 44.9 Å². The number of anilines is 1. The molecule has 2 aliphatic rings. The average molecular weight is 439 g/mol. The van der Waals surface area contributed by atoms with Crippen molar-refractivity contribution in [2.24, 2.45) is 10.9 Å². The molecule has 2 unspecified atom stereocenters. The van der Waals surface area contributed by atoms with Crippen molar-refractivity contribution in [1.29, 1.82) is 0 Å². The number of halogens is 1. The van der Waals surface area contributed by atoms with Crippen LogP contribution in [0.5, 0.6) is 0 Å². The molecule has 0 spiro atoms. The summed E-state index contributed by atoms with van der Waals surface area (Å²) in [6, 6.07) is 14.4. The second-order valence-corrected chi connectivity index (χ2v) is 8.61. The van der Waals surface area contributed by atoms with Crippen LogP contribution in [0.4, 0.5) is 10.1 Å². The number of benzene rings is 2. The number of rotatable bonds is 5. The Hall–Kier alpha value is -2.93. The highest BCUT2D eigenvalue weighted by molar-refractivity contribution is 5.93. The van der Waals surface area contributed by atoms with Crippen LogP contribution in [0.3, 0.4) is 0 Å². The zero-order valence-electron chi connectivity index (χ0n) is 18.7. The van der Waals surface area contributed by atoms with Crippen molar-refractivity contribution in [1.82, 2.24) is 10.2 Å². The Morgan fingerprint density at radius 3 is 2.66 bits per heavy atom. The lowest BCUT2D eigenvalue weighted by Gasteiger charge is -2.38. The fourth-order valence-corrected chi connectivity index (χ4v) is 4.17. The monoisotopic (exact) mass is 438 g/mol. The first kappa shape index (κ1) is 22.3. The Bertz CT molecular complexity index is 959. The first-order valence-electron chi connectivity index (χ1n) is 11.3. The summed E-state index contributed by atoms with van der Waals surface area (Å²) in [6.45, 7) is 3.97. The third-order valence-electron chi connectivity index (χ3n) is 6.13. The van der Waals surface area contributed by atoms with Gasteiger partial charge in [-0.3, -0.25) is 9.79 Å². The van der Waals surface area contributed by atoms with Gasteiger partial charge in [-0.05, 0) is 55.2 Å². The van der Waals surface area contributed by atoms with Gasteiger partial charge in [0.25, 0.3) is 0 Å². The van der Waals surface area contributed by atoms with Gasteiger partial charge in [0.15, 0.2) is 5.96 Å². The standard InChI is InChI=1S/C25H31FN4O2/c1-17-15-30(16-23(32-17)19-9-11-21(26)12-10-19)25(27-2)28-14-18-5-3-8-22(13-18)29-24(31)20-6-4-7-20/h3,5,8-13,17,20,23H,4,6-7,14-16H2,1-2H3,(H,27,28)(H,29,31). The van der Waals surface area contributed by atoms with Crippen LogP contribution >= 0.6 is 0 Å². The molecule has 170 valence electrons. The molecular weight excluding hydrogens is 407 g/mol. The third-order valence-corrected chi connectivity index (χ3v) is 6.13. The van der Waals surface area contributed by atoms with E-state index in [1.807, 2.05) is 31.2 Å². The van der Waals surface area contributed by atoms with Crippen LogP contribution in [-0.4, -0.2) is 43.0 Å². The van der Waals surface area contributed by atoms with Crippen molar-refractivity contribution in [3.8, 4) is 0 Å². The second-order valence-electron chi connectivity index (χ2n) is 8.61. The van der Waals surface area contributed by atoms with Crippen LogP contribution in [-0.2, 0) is 16.1 Å². The Balaban J connectivity index is 1.37. The van der Waals surface area contributed by atoms with E-state index in [1.54, 1.807) is 19.2 Å². The molecule has 2 aromatic carbocycles. The zero-order chi connectivity index (χ0) is 22.5. The third kappa shape index (κ3) is 5.46. The van der Waals surface area contributed by atoms with Crippen LogP contribution in [0.2, 0.25) is 0 Å². The van der Waals surface area contributed by atoms with Crippen molar-refractivity contribution >= 4 is 17.6 Å². The van der Waals surface area contributed by atoms with E-state index < -0.39 is 0 Å². The number of hydrogen-bond acceptors (Lipinski definition) is 3. The molecule has 1 aliphatic carbocycles. The molecule has 1 aliphatic heterocycles. The van der Waals surface area contributed by atoms with Crippen molar-refractivity contribution in [2.75, 3.05) is 25.5 Å². The lowest BCUT2D eigenvalue weighted by atomic mass is 9.85. The number of hydrogen-bond donors (Lipinski definition) is 2. The zero-order valence-corrected chi connectivity index (χ0v) is 18.7. The van der Waals surface area contributed by atoms with E-state index in [0.717, 1.165) is 48.6 Å². The summed E-state index contributed by atoms with van der Waals surface area (Å²) in [5, 5.41) is 6.46. The normalized spacial score (nSPS) is 21.7. The summed E-state index contributed by atoms with van der Waals surface area (Å²) in [5.41, 5.74) is 2.84. The molecule has 1 amide bonds. The number of aliphatic imine (C=N–C) groups is 1. The summed E-state index contributed by atoms with van der Waals surface area (Å²) in [7, 11) is 1.77. The SMILES string of the molecule is CN=C(NCc1cccc(NC(=O)C2CCC2)c1)N1CC(C)OC(c2ccc(F)cc2)C1. The summed E-state index contributed by atoms with van der Waals surface area (Å²) in [6.07, 6.45) is 2.98. The molecule has 7 heteroatoms. The minimum Gasteiger partial charge on any atom is -0.367 e. The van der Waals surface area contributed by atoms with E-state index in [0.29, 0.717) is 13.1 Å². The molecule has 6 nitrogen and oxygen atoms in total. The Kier molecular flexibility index (Phi) is 7.05. The van der Waals surface area contributed by atoms with E-state index in [-0.39, 0.29) is 29.9 Å². The van der Waals surface area contributed by atoms with E-state index in [4.69, 9.17) is 4.74 Å². The van der Waals surface area contributed by atoms with Crippen molar-refractivity contribution in [3.63, 3.8) is 0 Å². The second kappa shape index (κ2) is 10.1. The maximum absolute atomic E-state index is 13.3. The Morgan fingerprint density at radius 2 is 1.97 bits per heavy atom. The number of amides is 1. The predicted molar refractivity (Wildman–Crippen MR) is 124 cm³/mol. The fraction of sp³-hybridized carbons (Fsp3) is 0.440. The number of morpholine rings is 1. The first-order valence-corrected chi connectivity index (χ1v) is 11.3. The molecular formula is C25H31FN4O2. The Labute approximate surface area is 188 Å². The number of ether oxygens (including phenoxy) is 1. The highest BCUT2D eigenvalue weighted by Crippen LogP contribution is 2.28. The van der Waals surface area contributed by atoms with Crippen molar-refractivity contribution < 1.29 is 13.9 Å². The van der Waals surface area contributed by atoms with Gasteiger partial charge in [-0.25, -0.2) is 4.39 Å². The van der Waals surface area contributed by atoms with E-state index in [2.05, 4.69) is 20.5 Å². The topological polar surface area (TPSA) is 66.0 Å². The molecule has 1 heterocycles. The van der Waals surface area contributed by atoms with Gasteiger partial charge in [0.1, 0.15) is 11.9 Å². The minimum atomic E-state index is -0.252. The Morgan fingerprint density at radius 1 is 1.19 bits per heavy atom. The smallest absolute Gasteiger partial charge is 0.227 e. The summed E-state index contributed by atoms with van der Waals surface area (Å²) >= 11 is 0. The predicted octanol–water partition coefficient (Wildman–Crippen LogP) is 4.10. The van der Waals surface area contributed by atoms with Gasteiger partial charge < -0.3 is 20.3 Å². The average Bonchev–Trinajstić information content (AvgIpc) is 2.73. The minimum absolute atomic E-state index is 0.0161. The van der Waals surface area contributed by atoms with E-state index in [9.17, 15) is 9.18 Å². The summed E-state index contributed by atoms with van der Waals surface area (Å²) in [5.74, 6) is 0.813. The van der Waals surface area contributed by atoms with Gasteiger partial charge in [-0.1, -0.05) is 30.7 Å². The number of carbonyl (C=O) groups is 1. The quantitative estimate of drug-likeness (QED) is 0.545. The number of guanidine groups is 1. The first-order chi connectivity index (χ1) is 15.5. The van der Waals surface area contributed by atoms with Crippen LogP contribution in [0.1, 0.15) is 43.4 Å². The molecule has 1 saturated carbocycles. The van der Waals surface area contributed by atoms with Crippen LogP contribution in [0, 0.1) is 11.7 Å². The van der Waals surface area contributed by atoms with E-state index >= 15 is 0 Å². The number of nitrogens with zero attached hydrogens (tertiary/aromatic N) is 2. The molecule has 4 rings (SSSR count). The lowest BCUT2D eigenvalue weighted by Crippen LogP contribution is -2.50. The molecule has 2 N–H and O–H groups in total. The van der Waals surface area contributed by atoms with Crippen LogP contribution < -0.4 is 10.6 Å². The molecule has 0 aromatic heterocycles. The maximum atomic E-state index is 13.3. The van der Waals surface area contributed by atoms with Gasteiger partial charge in [-0.15, -0.1) is 0 Å². The molecule has 1 saturated heterocycles.